The Morgan fingerprint density at radius 1 is 0.456 bits per heavy atom. The number of rotatable bonds is 33. The molecule has 2 aromatic rings. The van der Waals surface area contributed by atoms with Crippen LogP contribution in [-0.4, -0.2) is 4.70 Å². The predicted octanol–water partition coefficient (Wildman–Crippen LogP) is 17.7. The van der Waals surface area contributed by atoms with Crippen LogP contribution in [0.5, 0.6) is 0 Å². The van der Waals surface area contributed by atoms with Crippen LogP contribution >= 0.6 is 0 Å². The van der Waals surface area contributed by atoms with Gasteiger partial charge in [0.1, 0.15) is 5.57 Å². The molecule has 2 aromatic carbocycles. The summed E-state index contributed by atoms with van der Waals surface area (Å²) in [5.41, 5.74) is 20.5. The Morgan fingerprint density at radius 2 is 0.895 bits per heavy atom. The Morgan fingerprint density at radius 3 is 1.35 bits per heavy atom. The summed E-state index contributed by atoms with van der Waals surface area (Å²) in [4.78, 5) is 0. The van der Waals surface area contributed by atoms with Crippen molar-refractivity contribution in [1.29, 1.82) is 0 Å². The van der Waals surface area contributed by atoms with Crippen molar-refractivity contribution in [2.45, 2.75) is 233 Å². The van der Waals surface area contributed by atoms with Gasteiger partial charge in [-0.05, 0) is 73.9 Å². The van der Waals surface area contributed by atoms with E-state index in [4.69, 9.17) is 0 Å². The summed E-state index contributed by atoms with van der Waals surface area (Å²) in [6.45, 7) is 8.99. The Bertz CT molecular complexity index is 1470. The fourth-order valence-corrected chi connectivity index (χ4v) is 8.44. The standard InChI is InChI=1S/C54H84N2.Ni/c1-5-9-12-13-14-15-16-17-18-19-20-21-22-23-24-25-26-27-28-29-30-31-32-33-34-35-41-52-51(8-4)53(49-44-42-47(43-45-49)37-10-6-2)56(55)54(52)50-40-36-39-48(46-50)38-11-7-3;/h36,39-40,42-46H,5-34,37-38H2,1-4H3;. The molecule has 57 heavy (non-hydrogen) atoms. The zero-order valence-electron chi connectivity index (χ0n) is 37.5. The van der Waals surface area contributed by atoms with Crippen LogP contribution in [0.1, 0.15) is 243 Å². The molecule has 0 saturated heterocycles. The first-order valence-electron chi connectivity index (χ1n) is 24.3. The summed E-state index contributed by atoms with van der Waals surface area (Å²) in [6.07, 6.45) is 42.6. The minimum atomic E-state index is 0. The number of allylic oxidation sites excluding steroid dienone is 2. The molecule has 3 rings (SSSR count). The van der Waals surface area contributed by atoms with Crippen LogP contribution in [-0.2, 0) is 29.3 Å². The summed E-state index contributed by atoms with van der Waals surface area (Å²) in [5.74, 6) is 7.15. The van der Waals surface area contributed by atoms with Crippen molar-refractivity contribution in [3.05, 3.63) is 87.5 Å². The van der Waals surface area contributed by atoms with Gasteiger partial charge in [0.05, 0.1) is 0 Å². The van der Waals surface area contributed by atoms with E-state index in [2.05, 4.69) is 88.1 Å². The summed E-state index contributed by atoms with van der Waals surface area (Å²) in [6, 6.07) is 17.6. The molecule has 3 heteroatoms. The molecule has 320 valence electrons. The van der Waals surface area contributed by atoms with Crippen molar-refractivity contribution >= 4 is 11.4 Å². The predicted molar refractivity (Wildman–Crippen MR) is 247 cm³/mol. The maximum absolute atomic E-state index is 11.9. The second-order valence-electron chi connectivity index (χ2n) is 17.0. The first kappa shape index (κ1) is 50.7. The molecule has 1 heterocycles. The minimum Gasteiger partial charge on any atom is -0.493 e. The van der Waals surface area contributed by atoms with Gasteiger partial charge in [-0.3, -0.25) is 0 Å². The van der Waals surface area contributed by atoms with Crippen LogP contribution in [0.2, 0.25) is 0 Å². The smallest absolute Gasteiger partial charge is 0.223 e. The molecule has 2 nitrogen and oxygen atoms in total. The van der Waals surface area contributed by atoms with E-state index in [1.54, 1.807) is 0 Å². The van der Waals surface area contributed by atoms with Crippen molar-refractivity contribution in [3.8, 4) is 11.8 Å². The maximum atomic E-state index is 11.9. The second kappa shape index (κ2) is 33.4. The van der Waals surface area contributed by atoms with Gasteiger partial charge in [-0.2, -0.15) is 0 Å². The average molecular weight is 820 g/mol. The number of nitrogens with zero attached hydrogens (tertiary/aromatic N) is 2. The van der Waals surface area contributed by atoms with Crippen LogP contribution < -0.4 is 0 Å². The minimum absolute atomic E-state index is 0. The molecule has 0 radical (unpaired) electrons. The van der Waals surface area contributed by atoms with E-state index in [9.17, 15) is 5.53 Å². The molecule has 0 atom stereocenters. The Balaban J connectivity index is 0.0000112. The fourth-order valence-electron chi connectivity index (χ4n) is 8.44. The van der Waals surface area contributed by atoms with E-state index in [-0.39, 0.29) is 16.5 Å². The van der Waals surface area contributed by atoms with E-state index in [0.29, 0.717) is 0 Å². The third-order valence-corrected chi connectivity index (χ3v) is 12.0. The molecule has 0 aromatic heterocycles. The Hall–Kier alpha value is -2.43. The van der Waals surface area contributed by atoms with Crippen LogP contribution in [0, 0.1) is 11.8 Å². The van der Waals surface area contributed by atoms with Gasteiger partial charge in [0.25, 0.3) is 0 Å². The van der Waals surface area contributed by atoms with Crippen LogP contribution in [0.3, 0.4) is 0 Å². The molecule has 0 unspecified atom stereocenters. The molecule has 0 amide bonds. The number of benzene rings is 2. The van der Waals surface area contributed by atoms with Gasteiger partial charge in [-0.15, -0.1) is 0 Å². The second-order valence-corrected chi connectivity index (χ2v) is 17.0. The van der Waals surface area contributed by atoms with Gasteiger partial charge >= 0.3 is 0 Å². The van der Waals surface area contributed by atoms with E-state index >= 15 is 0 Å². The monoisotopic (exact) mass is 819 g/mol. The molecule has 0 N–H and O–H groups in total. The molecule has 1 aliphatic heterocycles. The van der Waals surface area contributed by atoms with Crippen LogP contribution in [0.25, 0.3) is 16.9 Å². The van der Waals surface area contributed by atoms with E-state index in [1.807, 2.05) is 0 Å². The van der Waals surface area contributed by atoms with Gasteiger partial charge in [-0.25, -0.2) is 4.70 Å². The van der Waals surface area contributed by atoms with Crippen LogP contribution in [0.15, 0.2) is 59.7 Å². The largest absolute Gasteiger partial charge is 0.493 e. The number of hydrogen-bond acceptors (Lipinski definition) is 0. The molecule has 0 fully saturated rings. The number of unbranched alkanes of at least 4 members (excludes halogenated alkanes) is 26. The molecular weight excluding hydrogens is 735 g/mol. The SMILES string of the molecule is CCCCCCCCCCCCCCCCCCCCCCCCCCC#CC1=C(c2cccc(CCCC)c2)[N+](=[N-])C(c2ccc(CCCC)cc2)=C1CC.[Ni]. The van der Waals surface area contributed by atoms with Gasteiger partial charge in [0, 0.05) is 39.6 Å². The molecular formula is C54H84N2Ni. The van der Waals surface area contributed by atoms with Crippen molar-refractivity contribution in [3.63, 3.8) is 0 Å². The quantitative estimate of drug-likeness (QED) is 0.0297. The Labute approximate surface area is 363 Å². The zero-order valence-corrected chi connectivity index (χ0v) is 38.4. The van der Waals surface area contributed by atoms with E-state index in [1.165, 1.54) is 189 Å². The summed E-state index contributed by atoms with van der Waals surface area (Å²) in [5, 5.41) is 0. The molecule has 1 aliphatic rings. The molecule has 0 bridgehead atoms. The summed E-state index contributed by atoms with van der Waals surface area (Å²) >= 11 is 0. The van der Waals surface area contributed by atoms with Gasteiger partial charge in [0.15, 0.2) is 0 Å². The summed E-state index contributed by atoms with van der Waals surface area (Å²) < 4.78 is 1.45. The Kier molecular flexibility index (Phi) is 29.7. The van der Waals surface area contributed by atoms with Gasteiger partial charge in [0.2, 0.25) is 11.4 Å². The first-order chi connectivity index (χ1) is 27.6. The topological polar surface area (TPSA) is 25.3 Å². The maximum Gasteiger partial charge on any atom is 0.223 e. The third-order valence-electron chi connectivity index (χ3n) is 12.0. The number of hydrogen-bond donors (Lipinski definition) is 0. The van der Waals surface area contributed by atoms with Crippen molar-refractivity contribution in [2.75, 3.05) is 0 Å². The van der Waals surface area contributed by atoms with Crippen molar-refractivity contribution < 1.29 is 21.2 Å². The fraction of sp³-hybridized carbons (Fsp3) is 0.667. The van der Waals surface area contributed by atoms with E-state index < -0.39 is 0 Å². The van der Waals surface area contributed by atoms with Gasteiger partial charge < -0.3 is 5.53 Å². The summed E-state index contributed by atoms with van der Waals surface area (Å²) in [7, 11) is 0. The normalized spacial score (nSPS) is 12.7. The molecule has 0 aliphatic carbocycles. The molecule has 0 saturated carbocycles. The first-order valence-corrected chi connectivity index (χ1v) is 24.3. The zero-order chi connectivity index (χ0) is 39.9. The third kappa shape index (κ3) is 20.4. The van der Waals surface area contributed by atoms with Gasteiger partial charge in [-0.1, -0.05) is 224 Å². The van der Waals surface area contributed by atoms with Crippen molar-refractivity contribution in [2.24, 2.45) is 0 Å². The van der Waals surface area contributed by atoms with Crippen LogP contribution in [0.4, 0.5) is 0 Å². The average Bonchev–Trinajstić information content (AvgIpc) is 3.51. The molecule has 0 spiro atoms. The number of aryl methyl sites for hydroxylation is 2. The van der Waals surface area contributed by atoms with Crippen molar-refractivity contribution in [1.82, 2.24) is 0 Å². The van der Waals surface area contributed by atoms with E-state index in [0.717, 1.165) is 65.8 Å².